The summed E-state index contributed by atoms with van der Waals surface area (Å²) in [6.07, 6.45) is 4.84. The van der Waals surface area contributed by atoms with E-state index in [0.29, 0.717) is 0 Å². The van der Waals surface area contributed by atoms with Crippen molar-refractivity contribution in [1.82, 2.24) is 9.78 Å². The summed E-state index contributed by atoms with van der Waals surface area (Å²) < 4.78 is 7.85. The molecular weight excluding hydrogens is 190 g/mol. The third-order valence-corrected chi connectivity index (χ3v) is 2.66. The second-order valence-electron chi connectivity index (χ2n) is 5.14. The molecule has 0 saturated heterocycles. The van der Waals surface area contributed by atoms with E-state index in [0.717, 1.165) is 6.42 Å². The molecule has 1 aliphatic carbocycles. The lowest BCUT2D eigenvalue weighted by Gasteiger charge is -2.45. The first kappa shape index (κ1) is 10.6. The molecule has 84 valence electrons. The van der Waals surface area contributed by atoms with Crippen LogP contribution in [0.25, 0.3) is 0 Å². The van der Waals surface area contributed by atoms with Gasteiger partial charge in [0, 0.05) is 18.4 Å². The minimum atomic E-state index is -0.115. The van der Waals surface area contributed by atoms with Gasteiger partial charge in [-0.3, -0.25) is 4.68 Å². The van der Waals surface area contributed by atoms with Gasteiger partial charge < -0.3 is 10.5 Å². The molecule has 1 fully saturated rings. The Kier molecular flexibility index (Phi) is 2.56. The van der Waals surface area contributed by atoms with Crippen LogP contribution < -0.4 is 5.73 Å². The monoisotopic (exact) mass is 209 g/mol. The number of aromatic nitrogens is 2. The van der Waals surface area contributed by atoms with Crippen LogP contribution in [0, 0.1) is 0 Å². The van der Waals surface area contributed by atoms with E-state index in [4.69, 9.17) is 10.5 Å². The number of ether oxygens (including phenoxy) is 1. The topological polar surface area (TPSA) is 53.1 Å². The molecule has 0 spiro atoms. The first-order chi connectivity index (χ1) is 6.97. The molecule has 0 unspecified atom stereocenters. The van der Waals surface area contributed by atoms with E-state index < -0.39 is 0 Å². The summed E-state index contributed by atoms with van der Waals surface area (Å²) >= 11 is 0. The zero-order valence-corrected chi connectivity index (χ0v) is 9.55. The van der Waals surface area contributed by atoms with Crippen LogP contribution in [0.4, 0.5) is 0 Å². The molecule has 1 heterocycles. The molecule has 0 amide bonds. The molecule has 1 aliphatic rings. The van der Waals surface area contributed by atoms with E-state index >= 15 is 0 Å². The quantitative estimate of drug-likeness (QED) is 0.799. The number of hydrogen-bond donors (Lipinski definition) is 1. The van der Waals surface area contributed by atoms with Gasteiger partial charge in [-0.05, 0) is 33.3 Å². The molecule has 4 heteroatoms. The molecule has 0 aromatic carbocycles. The van der Waals surface area contributed by atoms with Crippen LogP contribution >= 0.6 is 0 Å². The first-order valence-electron chi connectivity index (χ1n) is 5.40. The smallest absolute Gasteiger partial charge is 0.0932 e. The van der Waals surface area contributed by atoms with E-state index in [2.05, 4.69) is 25.9 Å². The van der Waals surface area contributed by atoms with Gasteiger partial charge in [0.15, 0.2) is 0 Å². The lowest BCUT2D eigenvalue weighted by atomic mass is 9.83. The van der Waals surface area contributed by atoms with Crippen molar-refractivity contribution in [1.29, 1.82) is 0 Å². The van der Waals surface area contributed by atoms with Crippen LogP contribution in [0.15, 0.2) is 18.5 Å². The molecule has 2 rings (SSSR count). The third-order valence-electron chi connectivity index (χ3n) is 2.66. The summed E-state index contributed by atoms with van der Waals surface area (Å²) in [6.45, 7) is 6.20. The van der Waals surface area contributed by atoms with Gasteiger partial charge in [0.2, 0.25) is 0 Å². The SMILES string of the molecule is CC(C)(C)O[C@@H]1C[C@@H](N)[C@@H]1n1cccn1. The first-order valence-corrected chi connectivity index (χ1v) is 5.40. The van der Waals surface area contributed by atoms with Gasteiger partial charge >= 0.3 is 0 Å². The third kappa shape index (κ3) is 2.21. The molecular formula is C11H19N3O. The highest BCUT2D eigenvalue weighted by Gasteiger charge is 2.43. The van der Waals surface area contributed by atoms with Crippen LogP contribution in [0.2, 0.25) is 0 Å². The van der Waals surface area contributed by atoms with Crippen molar-refractivity contribution >= 4 is 0 Å². The van der Waals surface area contributed by atoms with Crippen molar-refractivity contribution in [2.75, 3.05) is 0 Å². The summed E-state index contributed by atoms with van der Waals surface area (Å²) in [4.78, 5) is 0. The van der Waals surface area contributed by atoms with Gasteiger partial charge in [0.1, 0.15) is 0 Å². The van der Waals surface area contributed by atoms with Crippen molar-refractivity contribution in [3.63, 3.8) is 0 Å². The Labute approximate surface area is 90.4 Å². The van der Waals surface area contributed by atoms with E-state index in [-0.39, 0.29) is 23.8 Å². The molecule has 0 radical (unpaired) electrons. The number of hydrogen-bond acceptors (Lipinski definition) is 3. The molecule has 15 heavy (non-hydrogen) atoms. The van der Waals surface area contributed by atoms with Crippen LogP contribution in [-0.4, -0.2) is 27.5 Å². The van der Waals surface area contributed by atoms with Crippen LogP contribution in [-0.2, 0) is 4.74 Å². The van der Waals surface area contributed by atoms with E-state index in [1.54, 1.807) is 6.20 Å². The fraction of sp³-hybridized carbons (Fsp3) is 0.727. The highest BCUT2D eigenvalue weighted by atomic mass is 16.5. The summed E-state index contributed by atoms with van der Waals surface area (Å²) in [5.41, 5.74) is 5.87. The predicted molar refractivity (Wildman–Crippen MR) is 58.5 cm³/mol. The second kappa shape index (κ2) is 3.61. The average molecular weight is 209 g/mol. The molecule has 4 nitrogen and oxygen atoms in total. The van der Waals surface area contributed by atoms with Crippen molar-refractivity contribution < 1.29 is 4.74 Å². The minimum Gasteiger partial charge on any atom is -0.370 e. The van der Waals surface area contributed by atoms with E-state index in [1.165, 1.54) is 0 Å². The maximum Gasteiger partial charge on any atom is 0.0932 e. The Balaban J connectivity index is 2.04. The Hall–Kier alpha value is -0.870. The Morgan fingerprint density at radius 3 is 2.67 bits per heavy atom. The van der Waals surface area contributed by atoms with Gasteiger partial charge in [-0.15, -0.1) is 0 Å². The second-order valence-corrected chi connectivity index (χ2v) is 5.14. The largest absolute Gasteiger partial charge is 0.370 e. The number of nitrogens with two attached hydrogens (primary N) is 1. The molecule has 0 aliphatic heterocycles. The van der Waals surface area contributed by atoms with E-state index in [1.807, 2.05) is 16.9 Å². The maximum atomic E-state index is 5.98. The fourth-order valence-electron chi connectivity index (χ4n) is 2.02. The zero-order chi connectivity index (χ0) is 11.1. The molecule has 3 atom stereocenters. The van der Waals surface area contributed by atoms with E-state index in [9.17, 15) is 0 Å². The minimum absolute atomic E-state index is 0.115. The van der Waals surface area contributed by atoms with Crippen molar-refractivity contribution in [2.24, 2.45) is 5.73 Å². The summed E-state index contributed by atoms with van der Waals surface area (Å²) in [5, 5.41) is 4.23. The average Bonchev–Trinajstić information content (AvgIpc) is 2.53. The van der Waals surface area contributed by atoms with Crippen LogP contribution in [0.3, 0.4) is 0 Å². The van der Waals surface area contributed by atoms with Gasteiger partial charge in [-0.2, -0.15) is 5.10 Å². The Morgan fingerprint density at radius 2 is 2.20 bits per heavy atom. The molecule has 1 aromatic rings. The normalized spacial score (nSPS) is 31.3. The van der Waals surface area contributed by atoms with Gasteiger partial charge in [-0.1, -0.05) is 0 Å². The molecule has 2 N–H and O–H groups in total. The highest BCUT2D eigenvalue weighted by Crippen LogP contribution is 2.35. The Morgan fingerprint density at radius 1 is 1.47 bits per heavy atom. The van der Waals surface area contributed by atoms with Gasteiger partial charge in [-0.25, -0.2) is 0 Å². The summed E-state index contributed by atoms with van der Waals surface area (Å²) in [7, 11) is 0. The molecule has 1 aromatic heterocycles. The highest BCUT2D eigenvalue weighted by molar-refractivity contribution is 5.00. The van der Waals surface area contributed by atoms with Gasteiger partial charge in [0.25, 0.3) is 0 Å². The molecule has 0 bridgehead atoms. The molecule has 1 saturated carbocycles. The maximum absolute atomic E-state index is 5.98. The van der Waals surface area contributed by atoms with Crippen molar-refractivity contribution in [2.45, 2.75) is 51.0 Å². The lowest BCUT2D eigenvalue weighted by molar-refractivity contribution is -0.129. The summed E-state index contributed by atoms with van der Waals surface area (Å²) in [6, 6.07) is 2.27. The number of nitrogens with zero attached hydrogens (tertiary/aromatic N) is 2. The predicted octanol–water partition coefficient (Wildman–Crippen LogP) is 1.34. The standard InChI is InChI=1S/C11H19N3O/c1-11(2,3)15-9-7-8(12)10(9)14-6-4-5-13-14/h4-6,8-10H,7,12H2,1-3H3/t8-,9-,10+/m1/s1. The van der Waals surface area contributed by atoms with Crippen molar-refractivity contribution in [3.8, 4) is 0 Å². The van der Waals surface area contributed by atoms with Gasteiger partial charge in [0.05, 0.1) is 17.7 Å². The van der Waals surface area contributed by atoms with Crippen LogP contribution in [0.1, 0.15) is 33.2 Å². The fourth-order valence-corrected chi connectivity index (χ4v) is 2.02. The lowest BCUT2D eigenvalue weighted by Crippen LogP contribution is -2.55. The van der Waals surface area contributed by atoms with Crippen molar-refractivity contribution in [3.05, 3.63) is 18.5 Å². The van der Waals surface area contributed by atoms with Crippen LogP contribution in [0.5, 0.6) is 0 Å². The Bertz CT molecular complexity index is 315. The zero-order valence-electron chi connectivity index (χ0n) is 9.55. The number of rotatable bonds is 2. The summed E-state index contributed by atoms with van der Waals surface area (Å²) in [5.74, 6) is 0.